The van der Waals surface area contributed by atoms with Crippen LogP contribution in [0.15, 0.2) is 40.6 Å². The summed E-state index contributed by atoms with van der Waals surface area (Å²) in [4.78, 5) is 13.9. The van der Waals surface area contributed by atoms with Gasteiger partial charge in [-0.25, -0.2) is 14.6 Å². The summed E-state index contributed by atoms with van der Waals surface area (Å²) in [6.07, 6.45) is 2.48. The normalized spacial score (nSPS) is 14.2. The molecule has 1 aliphatic heterocycles. The number of morpholine rings is 1. The predicted molar refractivity (Wildman–Crippen MR) is 138 cm³/mol. The van der Waals surface area contributed by atoms with Gasteiger partial charge in [0, 0.05) is 37.9 Å². The lowest BCUT2D eigenvalue weighted by Gasteiger charge is -2.28. The van der Waals surface area contributed by atoms with Gasteiger partial charge in [0.05, 0.1) is 26.0 Å². The van der Waals surface area contributed by atoms with Crippen LogP contribution >= 0.6 is 11.8 Å². The third-order valence-electron chi connectivity index (χ3n) is 5.34. The van der Waals surface area contributed by atoms with Crippen LogP contribution in [0.1, 0.15) is 17.0 Å². The molecule has 186 valence electrons. The second kappa shape index (κ2) is 12.6. The number of hydrogen-bond donors (Lipinski definition) is 1. The standard InChI is InChI=1S/C23H32N10OS/c1-18-5-4-6-19(15-18)17-24-27-21-16-22(32-10-12-34-13-11-32)26-20(25-21)7-14-35-23-28-29-30-33(23)9-8-31(2)3/h4-6,15-17H,7-14H2,1-3H3,(H,25,26,27)/b24-17+. The SMILES string of the molecule is Cc1cccc(/C=N/Nc2cc(N3CCOCC3)nc(CCSc3nnnn3CCN(C)C)n2)c1. The number of rotatable bonds is 11. The fourth-order valence-electron chi connectivity index (χ4n) is 3.50. The molecule has 0 unspecified atom stereocenters. The minimum Gasteiger partial charge on any atom is -0.378 e. The van der Waals surface area contributed by atoms with E-state index in [9.17, 15) is 0 Å². The Bertz CT molecular complexity index is 1110. The Balaban J connectivity index is 1.43. The summed E-state index contributed by atoms with van der Waals surface area (Å²) in [5.41, 5.74) is 5.31. The number of aryl methyl sites for hydroxylation is 2. The van der Waals surface area contributed by atoms with Gasteiger partial charge in [-0.05, 0) is 37.0 Å². The molecule has 0 saturated carbocycles. The molecule has 1 aliphatic rings. The van der Waals surface area contributed by atoms with Gasteiger partial charge in [0.2, 0.25) is 5.16 Å². The summed E-state index contributed by atoms with van der Waals surface area (Å²) in [6.45, 7) is 6.68. The number of nitrogens with zero attached hydrogens (tertiary/aromatic N) is 9. The maximum atomic E-state index is 5.51. The van der Waals surface area contributed by atoms with E-state index >= 15 is 0 Å². The van der Waals surface area contributed by atoms with Crippen LogP contribution < -0.4 is 10.3 Å². The Morgan fingerprint density at radius 2 is 2.06 bits per heavy atom. The number of nitrogens with one attached hydrogen (secondary N) is 1. The fraction of sp³-hybridized carbons (Fsp3) is 0.478. The summed E-state index contributed by atoms with van der Waals surface area (Å²) in [5, 5.41) is 17.3. The van der Waals surface area contributed by atoms with Crippen molar-refractivity contribution in [3.05, 3.63) is 47.3 Å². The van der Waals surface area contributed by atoms with Crippen LogP contribution in [0.25, 0.3) is 0 Å². The molecule has 0 amide bonds. The monoisotopic (exact) mass is 496 g/mol. The van der Waals surface area contributed by atoms with Crippen molar-refractivity contribution >= 4 is 29.6 Å². The summed E-state index contributed by atoms with van der Waals surface area (Å²) in [7, 11) is 4.07. The van der Waals surface area contributed by atoms with Gasteiger partial charge < -0.3 is 14.5 Å². The maximum absolute atomic E-state index is 5.51. The molecule has 0 bridgehead atoms. The molecule has 0 atom stereocenters. The van der Waals surface area contributed by atoms with E-state index in [2.05, 4.69) is 54.9 Å². The molecule has 3 aromatic rings. The van der Waals surface area contributed by atoms with Crippen LogP contribution in [0.2, 0.25) is 0 Å². The van der Waals surface area contributed by atoms with Crippen LogP contribution in [0.5, 0.6) is 0 Å². The van der Waals surface area contributed by atoms with Crippen molar-refractivity contribution in [2.24, 2.45) is 5.10 Å². The molecule has 3 heterocycles. The van der Waals surface area contributed by atoms with E-state index in [1.807, 2.05) is 37.0 Å². The van der Waals surface area contributed by atoms with Crippen molar-refractivity contribution in [3.63, 3.8) is 0 Å². The number of anilines is 2. The first-order valence-electron chi connectivity index (χ1n) is 11.7. The van der Waals surface area contributed by atoms with Crippen LogP contribution in [0.3, 0.4) is 0 Å². The molecule has 0 spiro atoms. The highest BCUT2D eigenvalue weighted by Gasteiger charge is 2.15. The zero-order valence-corrected chi connectivity index (χ0v) is 21.3. The molecule has 1 N–H and O–H groups in total. The lowest BCUT2D eigenvalue weighted by atomic mass is 10.2. The van der Waals surface area contributed by atoms with E-state index in [0.29, 0.717) is 25.5 Å². The molecule has 1 aromatic carbocycles. The number of hydrogen-bond acceptors (Lipinski definition) is 11. The molecule has 35 heavy (non-hydrogen) atoms. The minimum atomic E-state index is 0.668. The Morgan fingerprint density at radius 3 is 2.86 bits per heavy atom. The van der Waals surface area contributed by atoms with Gasteiger partial charge in [-0.3, -0.25) is 5.43 Å². The summed E-state index contributed by atoms with van der Waals surface area (Å²) < 4.78 is 7.34. The lowest BCUT2D eigenvalue weighted by molar-refractivity contribution is 0.122. The van der Waals surface area contributed by atoms with E-state index in [1.165, 1.54) is 5.56 Å². The van der Waals surface area contributed by atoms with Gasteiger partial charge in [0.1, 0.15) is 11.6 Å². The van der Waals surface area contributed by atoms with Crippen LogP contribution in [-0.4, -0.2) is 94.0 Å². The number of thioether (sulfide) groups is 1. The highest BCUT2D eigenvalue weighted by molar-refractivity contribution is 7.99. The van der Waals surface area contributed by atoms with Gasteiger partial charge in [0.15, 0.2) is 5.82 Å². The maximum Gasteiger partial charge on any atom is 0.209 e. The van der Waals surface area contributed by atoms with Crippen LogP contribution in [-0.2, 0) is 17.7 Å². The molecule has 0 radical (unpaired) electrons. The van der Waals surface area contributed by atoms with E-state index in [4.69, 9.17) is 14.7 Å². The highest BCUT2D eigenvalue weighted by Crippen LogP contribution is 2.20. The number of aromatic nitrogens is 6. The summed E-state index contributed by atoms with van der Waals surface area (Å²) in [5.74, 6) is 3.07. The van der Waals surface area contributed by atoms with Gasteiger partial charge in [-0.1, -0.05) is 41.6 Å². The number of hydrazone groups is 1. The average Bonchev–Trinajstić information content (AvgIpc) is 3.30. The first-order chi connectivity index (χ1) is 17.1. The second-order valence-electron chi connectivity index (χ2n) is 8.50. The van der Waals surface area contributed by atoms with Gasteiger partial charge in [0.25, 0.3) is 0 Å². The van der Waals surface area contributed by atoms with Gasteiger partial charge in [-0.15, -0.1) is 5.10 Å². The number of ether oxygens (including phenoxy) is 1. The molecule has 4 rings (SSSR count). The molecular weight excluding hydrogens is 464 g/mol. The smallest absolute Gasteiger partial charge is 0.209 e. The molecule has 0 aliphatic carbocycles. The number of benzene rings is 1. The predicted octanol–water partition coefficient (Wildman–Crippen LogP) is 1.95. The molecule has 12 heteroatoms. The summed E-state index contributed by atoms with van der Waals surface area (Å²) in [6, 6.07) is 10.1. The van der Waals surface area contributed by atoms with Gasteiger partial charge >= 0.3 is 0 Å². The van der Waals surface area contributed by atoms with Crippen molar-refractivity contribution in [2.45, 2.75) is 25.0 Å². The van der Waals surface area contributed by atoms with Crippen molar-refractivity contribution in [2.75, 3.05) is 63.0 Å². The Hall–Kier alpha value is -3.09. The minimum absolute atomic E-state index is 0.668. The van der Waals surface area contributed by atoms with Crippen molar-refractivity contribution in [3.8, 4) is 0 Å². The Morgan fingerprint density at radius 1 is 1.20 bits per heavy atom. The van der Waals surface area contributed by atoms with Crippen molar-refractivity contribution < 1.29 is 4.74 Å². The quantitative estimate of drug-likeness (QED) is 0.240. The second-order valence-corrected chi connectivity index (χ2v) is 9.56. The average molecular weight is 497 g/mol. The van der Waals surface area contributed by atoms with E-state index < -0.39 is 0 Å². The van der Waals surface area contributed by atoms with E-state index in [0.717, 1.165) is 54.3 Å². The van der Waals surface area contributed by atoms with Crippen LogP contribution in [0, 0.1) is 6.92 Å². The largest absolute Gasteiger partial charge is 0.378 e. The van der Waals surface area contributed by atoms with Crippen molar-refractivity contribution in [1.29, 1.82) is 0 Å². The number of tetrazole rings is 1. The Labute approximate surface area is 210 Å². The third kappa shape index (κ3) is 7.70. The zero-order valence-electron chi connectivity index (χ0n) is 20.5. The number of likely N-dealkylation sites (N-methyl/N-ethyl adjacent to an activating group) is 1. The summed E-state index contributed by atoms with van der Waals surface area (Å²) >= 11 is 1.61. The fourth-order valence-corrected chi connectivity index (χ4v) is 4.34. The Kier molecular flexibility index (Phi) is 8.98. The van der Waals surface area contributed by atoms with Crippen molar-refractivity contribution in [1.82, 2.24) is 35.1 Å². The van der Waals surface area contributed by atoms with Gasteiger partial charge in [-0.2, -0.15) is 5.10 Å². The third-order valence-corrected chi connectivity index (χ3v) is 6.30. The molecule has 11 nitrogen and oxygen atoms in total. The first-order valence-corrected chi connectivity index (χ1v) is 12.7. The highest BCUT2D eigenvalue weighted by atomic mass is 32.2. The molecule has 1 saturated heterocycles. The first kappa shape index (κ1) is 25.0. The van der Waals surface area contributed by atoms with E-state index in [1.54, 1.807) is 18.0 Å². The lowest BCUT2D eigenvalue weighted by Crippen LogP contribution is -2.37. The topological polar surface area (TPSA) is 109 Å². The van der Waals surface area contributed by atoms with Crippen LogP contribution in [0.4, 0.5) is 11.6 Å². The van der Waals surface area contributed by atoms with E-state index in [-0.39, 0.29) is 0 Å². The molecular formula is C23H32N10OS. The zero-order chi connectivity index (χ0) is 24.5. The molecule has 1 fully saturated rings. The molecule has 2 aromatic heterocycles.